The van der Waals surface area contributed by atoms with Crippen molar-refractivity contribution >= 4 is 11.8 Å². The van der Waals surface area contributed by atoms with Gasteiger partial charge >= 0.3 is 0 Å². The number of aromatic nitrogens is 1. The van der Waals surface area contributed by atoms with Crippen LogP contribution in [-0.2, 0) is 16.1 Å². The Morgan fingerprint density at radius 3 is 2.60 bits per heavy atom. The maximum atomic E-state index is 12.9. The van der Waals surface area contributed by atoms with Crippen molar-refractivity contribution in [3.63, 3.8) is 0 Å². The van der Waals surface area contributed by atoms with E-state index in [0.29, 0.717) is 18.1 Å². The molecule has 0 spiro atoms. The van der Waals surface area contributed by atoms with Gasteiger partial charge in [0.15, 0.2) is 0 Å². The van der Waals surface area contributed by atoms with Crippen molar-refractivity contribution in [2.24, 2.45) is 0 Å². The zero-order valence-corrected chi connectivity index (χ0v) is 13.9. The molecule has 0 atom stereocenters. The Hall–Kier alpha value is -2.96. The first-order valence-electron chi connectivity index (χ1n) is 7.98. The van der Waals surface area contributed by atoms with Crippen LogP contribution in [0.15, 0.2) is 42.6 Å². The minimum atomic E-state index is -0.345. The molecular weight excluding hydrogens is 325 g/mol. The van der Waals surface area contributed by atoms with Gasteiger partial charge in [0.2, 0.25) is 17.7 Å². The van der Waals surface area contributed by atoms with E-state index in [4.69, 9.17) is 4.74 Å². The van der Waals surface area contributed by atoms with E-state index in [0.717, 1.165) is 12.0 Å². The smallest absolute Gasteiger partial charge is 0.239 e. The van der Waals surface area contributed by atoms with Crippen molar-refractivity contribution in [2.75, 3.05) is 6.54 Å². The van der Waals surface area contributed by atoms with E-state index in [1.807, 2.05) is 6.92 Å². The Labute approximate surface area is 145 Å². The lowest BCUT2D eigenvalue weighted by Gasteiger charge is -2.08. The van der Waals surface area contributed by atoms with Crippen molar-refractivity contribution in [3.8, 4) is 11.6 Å². The van der Waals surface area contributed by atoms with Crippen LogP contribution in [0.1, 0.15) is 25.3 Å². The Kier molecular flexibility index (Phi) is 6.88. The fourth-order valence-electron chi connectivity index (χ4n) is 2.00. The van der Waals surface area contributed by atoms with Gasteiger partial charge in [-0.05, 0) is 42.3 Å². The average molecular weight is 345 g/mol. The fourth-order valence-corrected chi connectivity index (χ4v) is 2.00. The predicted molar refractivity (Wildman–Crippen MR) is 90.5 cm³/mol. The first kappa shape index (κ1) is 18.4. The highest BCUT2D eigenvalue weighted by atomic mass is 19.1. The molecule has 132 valence electrons. The van der Waals surface area contributed by atoms with Gasteiger partial charge in [-0.3, -0.25) is 9.59 Å². The van der Waals surface area contributed by atoms with Crippen LogP contribution in [0.5, 0.6) is 11.6 Å². The zero-order valence-electron chi connectivity index (χ0n) is 13.9. The van der Waals surface area contributed by atoms with Crippen molar-refractivity contribution in [1.29, 1.82) is 0 Å². The van der Waals surface area contributed by atoms with Gasteiger partial charge < -0.3 is 15.4 Å². The number of carbonyl (C=O) groups excluding carboxylic acids is 2. The molecule has 2 rings (SSSR count). The number of halogens is 1. The number of rotatable bonds is 8. The van der Waals surface area contributed by atoms with Gasteiger partial charge in [-0.1, -0.05) is 6.92 Å². The molecule has 25 heavy (non-hydrogen) atoms. The second kappa shape index (κ2) is 9.36. The van der Waals surface area contributed by atoms with Gasteiger partial charge in [0.05, 0.1) is 6.54 Å². The summed E-state index contributed by atoms with van der Waals surface area (Å²) in [6, 6.07) is 9.03. The quantitative estimate of drug-likeness (QED) is 0.770. The van der Waals surface area contributed by atoms with E-state index in [-0.39, 0.29) is 30.7 Å². The minimum Gasteiger partial charge on any atom is -0.439 e. The van der Waals surface area contributed by atoms with E-state index in [1.54, 1.807) is 18.3 Å². The number of nitrogens with one attached hydrogen (secondary N) is 2. The Balaban J connectivity index is 1.83. The number of hydrogen-bond acceptors (Lipinski definition) is 4. The number of ether oxygens (including phenoxy) is 1. The van der Waals surface area contributed by atoms with Crippen LogP contribution < -0.4 is 15.4 Å². The van der Waals surface area contributed by atoms with Gasteiger partial charge in [0.25, 0.3) is 0 Å². The number of hydrogen-bond donors (Lipinski definition) is 2. The maximum absolute atomic E-state index is 12.9. The lowest BCUT2D eigenvalue weighted by Crippen LogP contribution is -2.36. The Morgan fingerprint density at radius 1 is 1.12 bits per heavy atom. The summed E-state index contributed by atoms with van der Waals surface area (Å²) < 4.78 is 18.4. The van der Waals surface area contributed by atoms with Crippen LogP contribution in [-0.4, -0.2) is 23.3 Å². The molecule has 7 heteroatoms. The summed E-state index contributed by atoms with van der Waals surface area (Å²) in [7, 11) is 0. The van der Waals surface area contributed by atoms with Crippen LogP contribution in [0.4, 0.5) is 4.39 Å². The van der Waals surface area contributed by atoms with E-state index in [9.17, 15) is 14.0 Å². The summed E-state index contributed by atoms with van der Waals surface area (Å²) in [6.07, 6.45) is 2.70. The predicted octanol–water partition coefficient (Wildman–Crippen LogP) is 2.55. The zero-order chi connectivity index (χ0) is 18.1. The highest BCUT2D eigenvalue weighted by molar-refractivity contribution is 5.84. The molecule has 0 saturated heterocycles. The first-order valence-corrected chi connectivity index (χ1v) is 7.98. The summed E-state index contributed by atoms with van der Waals surface area (Å²) in [6.45, 7) is 2.13. The van der Waals surface area contributed by atoms with Crippen molar-refractivity contribution < 1.29 is 18.7 Å². The molecule has 0 aliphatic heterocycles. The monoisotopic (exact) mass is 345 g/mol. The van der Waals surface area contributed by atoms with Crippen LogP contribution in [0, 0.1) is 5.82 Å². The molecule has 0 fully saturated rings. The molecule has 0 bridgehead atoms. The molecule has 1 heterocycles. The van der Waals surface area contributed by atoms with Crippen LogP contribution in [0.25, 0.3) is 0 Å². The maximum Gasteiger partial charge on any atom is 0.239 e. The molecule has 0 radical (unpaired) electrons. The molecule has 0 aliphatic carbocycles. The third-order valence-electron chi connectivity index (χ3n) is 3.25. The molecule has 2 amide bonds. The average Bonchev–Trinajstić information content (AvgIpc) is 2.61. The lowest BCUT2D eigenvalue weighted by atomic mass is 10.2. The normalized spacial score (nSPS) is 10.2. The summed E-state index contributed by atoms with van der Waals surface area (Å²) in [4.78, 5) is 27.1. The molecule has 2 N–H and O–H groups in total. The Morgan fingerprint density at radius 2 is 1.88 bits per heavy atom. The molecular formula is C18H20FN3O3. The Bertz CT molecular complexity index is 720. The van der Waals surface area contributed by atoms with E-state index < -0.39 is 0 Å². The second-order valence-electron chi connectivity index (χ2n) is 5.36. The molecule has 1 aromatic carbocycles. The summed E-state index contributed by atoms with van der Waals surface area (Å²) >= 11 is 0. The number of pyridine rings is 1. The van der Waals surface area contributed by atoms with Crippen molar-refractivity contribution in [3.05, 3.63) is 54.0 Å². The molecule has 6 nitrogen and oxygen atoms in total. The fraction of sp³-hybridized carbons (Fsp3) is 0.278. The van der Waals surface area contributed by atoms with Gasteiger partial charge in [-0.2, -0.15) is 0 Å². The highest BCUT2D eigenvalue weighted by Gasteiger charge is 2.06. The number of benzene rings is 1. The third kappa shape index (κ3) is 6.58. The van der Waals surface area contributed by atoms with Gasteiger partial charge in [0, 0.05) is 25.2 Å². The number of nitrogens with zero attached hydrogens (tertiary/aromatic N) is 1. The summed E-state index contributed by atoms with van der Waals surface area (Å²) in [5.41, 5.74) is 0.792. The molecule has 2 aromatic rings. The van der Waals surface area contributed by atoms with Crippen LogP contribution in [0.3, 0.4) is 0 Å². The van der Waals surface area contributed by atoms with E-state index in [2.05, 4.69) is 15.6 Å². The summed E-state index contributed by atoms with van der Waals surface area (Å²) in [5, 5.41) is 5.26. The standard InChI is InChI=1S/C18H20FN3O3/c1-2-3-16(23)22-12-17(24)21-11-13-8-9-20-18(10-13)25-15-6-4-14(19)5-7-15/h4-10H,2-3,11-12H2,1H3,(H,21,24)(H,22,23). The number of amides is 2. The first-order chi connectivity index (χ1) is 12.1. The molecule has 0 unspecified atom stereocenters. The van der Waals surface area contributed by atoms with Gasteiger partial charge in [-0.25, -0.2) is 9.37 Å². The van der Waals surface area contributed by atoms with Crippen molar-refractivity contribution in [2.45, 2.75) is 26.3 Å². The summed E-state index contributed by atoms with van der Waals surface area (Å²) in [5.74, 6) is 0.0462. The second-order valence-corrected chi connectivity index (χ2v) is 5.36. The molecule has 0 aliphatic rings. The topological polar surface area (TPSA) is 80.3 Å². The largest absolute Gasteiger partial charge is 0.439 e. The van der Waals surface area contributed by atoms with E-state index >= 15 is 0 Å². The highest BCUT2D eigenvalue weighted by Crippen LogP contribution is 2.20. The number of carbonyl (C=O) groups is 2. The lowest BCUT2D eigenvalue weighted by molar-refractivity contribution is -0.126. The van der Waals surface area contributed by atoms with Gasteiger partial charge in [-0.15, -0.1) is 0 Å². The van der Waals surface area contributed by atoms with Crippen LogP contribution in [0.2, 0.25) is 0 Å². The molecule has 1 aromatic heterocycles. The van der Waals surface area contributed by atoms with Crippen LogP contribution >= 0.6 is 0 Å². The van der Waals surface area contributed by atoms with Crippen molar-refractivity contribution in [1.82, 2.24) is 15.6 Å². The van der Waals surface area contributed by atoms with Gasteiger partial charge in [0.1, 0.15) is 11.6 Å². The third-order valence-corrected chi connectivity index (χ3v) is 3.25. The SMILES string of the molecule is CCCC(=O)NCC(=O)NCc1ccnc(Oc2ccc(F)cc2)c1. The molecule has 0 saturated carbocycles. The minimum absolute atomic E-state index is 0.0527. The van der Waals surface area contributed by atoms with E-state index in [1.165, 1.54) is 24.3 Å².